The van der Waals surface area contributed by atoms with E-state index in [1.165, 1.54) is 0 Å². The Morgan fingerprint density at radius 3 is 1.59 bits per heavy atom. The van der Waals surface area contributed by atoms with Gasteiger partial charge in [0.15, 0.2) is 11.5 Å². The second-order valence-electron chi connectivity index (χ2n) is 3.68. The zero-order valence-electron chi connectivity index (χ0n) is 10.7. The average molecular weight is 256 g/mol. The Morgan fingerprint density at radius 2 is 1.29 bits per heavy atom. The summed E-state index contributed by atoms with van der Waals surface area (Å²) in [4.78, 5) is 0. The molecule has 2 rings (SSSR count). The molecule has 0 radical (unpaired) electrons. The van der Waals surface area contributed by atoms with Gasteiger partial charge in [0.25, 0.3) is 0 Å². The zero-order valence-corrected chi connectivity index (χ0v) is 11.6. The van der Waals surface area contributed by atoms with Gasteiger partial charge in [0.1, 0.15) is 0 Å². The molecule has 6 heteroatoms. The van der Waals surface area contributed by atoms with Gasteiger partial charge < -0.3 is 23.3 Å². The topological polar surface area (TPSA) is 34.2 Å². The van der Waals surface area contributed by atoms with Crippen LogP contribution in [0.25, 0.3) is 0 Å². The van der Waals surface area contributed by atoms with Crippen LogP contribution in [-0.4, -0.2) is 35.4 Å². The number of benzene rings is 1. The third-order valence-electron chi connectivity index (χ3n) is 2.85. The average Bonchev–Trinajstić information content (AvgIpc) is 2.59. The Morgan fingerprint density at radius 1 is 0.882 bits per heavy atom. The fraction of sp³-hybridized carbons (Fsp3) is 0.455. The quantitative estimate of drug-likeness (QED) is 0.776. The van der Waals surface area contributed by atoms with Crippen molar-refractivity contribution in [1.29, 1.82) is 0 Å². The Kier molecular flexibility index (Phi) is 3.31. The van der Waals surface area contributed by atoms with Gasteiger partial charge in [0, 0.05) is 33.3 Å². The monoisotopic (exact) mass is 256 g/mol. The number of fused-ring (bicyclic) bond motifs is 1. The molecule has 94 valence electrons. The molecule has 1 heterocycles. The molecular formula is C11H17N2O3P. The third-order valence-corrected chi connectivity index (χ3v) is 4.64. The van der Waals surface area contributed by atoms with Crippen molar-refractivity contribution in [1.82, 2.24) is 0 Å². The van der Waals surface area contributed by atoms with Gasteiger partial charge in [-0.3, -0.25) is 0 Å². The van der Waals surface area contributed by atoms with E-state index in [1.54, 1.807) is 21.3 Å². The van der Waals surface area contributed by atoms with Gasteiger partial charge >= 0.3 is 0 Å². The molecule has 0 amide bonds. The van der Waals surface area contributed by atoms with Gasteiger partial charge in [0.2, 0.25) is 8.45 Å². The molecule has 0 N–H and O–H groups in total. The maximum atomic E-state index is 5.50. The molecule has 0 aliphatic carbocycles. The van der Waals surface area contributed by atoms with Crippen LogP contribution in [0.2, 0.25) is 0 Å². The number of nitrogens with zero attached hydrogens (tertiary/aromatic N) is 2. The number of ether oxygens (including phenoxy) is 2. The molecule has 1 aliphatic heterocycles. The highest BCUT2D eigenvalue weighted by Crippen LogP contribution is 2.59. The van der Waals surface area contributed by atoms with E-state index in [9.17, 15) is 0 Å². The highest BCUT2D eigenvalue weighted by molar-refractivity contribution is 7.56. The summed E-state index contributed by atoms with van der Waals surface area (Å²) in [7, 11) is 8.27. The van der Waals surface area contributed by atoms with E-state index < -0.39 is 8.45 Å². The lowest BCUT2D eigenvalue weighted by molar-refractivity contribution is 0.355. The second kappa shape index (κ2) is 4.59. The van der Waals surface area contributed by atoms with Crippen LogP contribution in [0.1, 0.15) is 0 Å². The molecule has 1 aromatic carbocycles. The SMILES string of the molecule is COc1cc2c(cc1OC)N(C)P(OC)N2C. The van der Waals surface area contributed by atoms with Crippen LogP contribution < -0.4 is 18.8 Å². The van der Waals surface area contributed by atoms with Crippen molar-refractivity contribution >= 4 is 19.8 Å². The van der Waals surface area contributed by atoms with Crippen molar-refractivity contribution < 1.29 is 14.0 Å². The van der Waals surface area contributed by atoms with Gasteiger partial charge in [-0.25, -0.2) is 0 Å². The first-order valence-electron chi connectivity index (χ1n) is 5.21. The summed E-state index contributed by atoms with van der Waals surface area (Å²) in [5.41, 5.74) is 2.19. The van der Waals surface area contributed by atoms with E-state index in [-0.39, 0.29) is 0 Å². The van der Waals surface area contributed by atoms with Crippen molar-refractivity contribution in [3.05, 3.63) is 12.1 Å². The fourth-order valence-electron chi connectivity index (χ4n) is 2.01. The second-order valence-corrected chi connectivity index (χ2v) is 5.75. The summed E-state index contributed by atoms with van der Waals surface area (Å²) < 4.78 is 20.4. The van der Waals surface area contributed by atoms with Crippen LogP contribution in [-0.2, 0) is 4.52 Å². The lowest BCUT2D eigenvalue weighted by Crippen LogP contribution is -2.14. The lowest BCUT2D eigenvalue weighted by atomic mass is 10.2. The fourth-order valence-corrected chi connectivity index (χ4v) is 3.59. The predicted octanol–water partition coefficient (Wildman–Crippen LogP) is 2.46. The summed E-state index contributed by atoms with van der Waals surface area (Å²) in [5, 5.41) is 0. The molecule has 0 saturated heterocycles. The minimum Gasteiger partial charge on any atom is -0.493 e. The van der Waals surface area contributed by atoms with Crippen LogP contribution in [0.15, 0.2) is 12.1 Å². The van der Waals surface area contributed by atoms with E-state index >= 15 is 0 Å². The minimum absolute atomic E-state index is 0.736. The molecule has 0 unspecified atom stereocenters. The summed E-state index contributed by atoms with van der Waals surface area (Å²) >= 11 is 0. The van der Waals surface area contributed by atoms with Gasteiger partial charge in [0.05, 0.1) is 25.6 Å². The van der Waals surface area contributed by atoms with Crippen molar-refractivity contribution in [2.24, 2.45) is 0 Å². The Hall–Kier alpha value is -1.19. The number of hydrogen-bond donors (Lipinski definition) is 0. The number of hydrogen-bond acceptors (Lipinski definition) is 5. The number of anilines is 2. The van der Waals surface area contributed by atoms with Crippen LogP contribution in [0.3, 0.4) is 0 Å². The Bertz CT molecular complexity index is 390. The van der Waals surface area contributed by atoms with Crippen molar-refractivity contribution in [3.8, 4) is 11.5 Å². The maximum absolute atomic E-state index is 5.50. The van der Waals surface area contributed by atoms with Crippen LogP contribution >= 0.6 is 8.45 Å². The molecule has 0 spiro atoms. The normalized spacial score (nSPS) is 15.1. The van der Waals surface area contributed by atoms with Crippen molar-refractivity contribution in [3.63, 3.8) is 0 Å². The van der Waals surface area contributed by atoms with Gasteiger partial charge in [-0.2, -0.15) is 0 Å². The van der Waals surface area contributed by atoms with Crippen LogP contribution in [0, 0.1) is 0 Å². The molecular weight excluding hydrogens is 239 g/mol. The van der Waals surface area contributed by atoms with E-state index in [0.29, 0.717) is 0 Å². The first-order valence-corrected chi connectivity index (χ1v) is 6.38. The highest BCUT2D eigenvalue weighted by Gasteiger charge is 2.34. The zero-order chi connectivity index (χ0) is 12.6. The van der Waals surface area contributed by atoms with E-state index in [0.717, 1.165) is 22.9 Å². The Labute approximate surface area is 103 Å². The summed E-state index contributed by atoms with van der Waals surface area (Å²) in [5.74, 6) is 1.47. The molecule has 1 aromatic rings. The van der Waals surface area contributed by atoms with E-state index in [4.69, 9.17) is 14.0 Å². The molecule has 0 aromatic heterocycles. The van der Waals surface area contributed by atoms with Crippen molar-refractivity contribution in [2.45, 2.75) is 0 Å². The highest BCUT2D eigenvalue weighted by atomic mass is 31.2. The molecule has 5 nitrogen and oxygen atoms in total. The summed E-state index contributed by atoms with van der Waals surface area (Å²) in [6.45, 7) is 0. The van der Waals surface area contributed by atoms with Gasteiger partial charge in [-0.05, 0) is 0 Å². The smallest absolute Gasteiger partial charge is 0.247 e. The predicted molar refractivity (Wildman–Crippen MR) is 70.3 cm³/mol. The maximum Gasteiger partial charge on any atom is 0.247 e. The largest absolute Gasteiger partial charge is 0.493 e. The first kappa shape index (κ1) is 12.3. The third kappa shape index (κ3) is 1.79. The van der Waals surface area contributed by atoms with E-state index in [1.807, 2.05) is 26.2 Å². The number of rotatable bonds is 3. The standard InChI is InChI=1S/C11H17N2O3P/c1-12-8-6-10(14-3)11(15-4)7-9(8)13(2)17(12)16-5/h6-7H,1-5H3. The van der Waals surface area contributed by atoms with Gasteiger partial charge in [-0.1, -0.05) is 0 Å². The van der Waals surface area contributed by atoms with Crippen molar-refractivity contribution in [2.75, 3.05) is 44.8 Å². The Balaban J connectivity index is 2.51. The summed E-state index contributed by atoms with van der Waals surface area (Å²) in [6, 6.07) is 3.96. The molecule has 0 fully saturated rings. The lowest BCUT2D eigenvalue weighted by Gasteiger charge is -2.23. The molecule has 0 atom stereocenters. The van der Waals surface area contributed by atoms with Crippen LogP contribution in [0.4, 0.5) is 11.4 Å². The van der Waals surface area contributed by atoms with E-state index in [2.05, 4.69) is 9.34 Å². The first-order chi connectivity index (χ1) is 8.13. The number of methoxy groups -OCH3 is 2. The summed E-state index contributed by atoms with van der Waals surface area (Å²) in [6.07, 6.45) is 0. The van der Waals surface area contributed by atoms with Crippen LogP contribution in [0.5, 0.6) is 11.5 Å². The molecule has 0 bridgehead atoms. The molecule has 1 aliphatic rings. The minimum atomic E-state index is -0.771. The van der Waals surface area contributed by atoms with Gasteiger partial charge in [-0.15, -0.1) is 0 Å². The molecule has 17 heavy (non-hydrogen) atoms. The molecule has 0 saturated carbocycles.